The second kappa shape index (κ2) is 6.17. The van der Waals surface area contributed by atoms with Crippen LogP contribution in [0.5, 0.6) is 5.75 Å². The predicted molar refractivity (Wildman–Crippen MR) is 82.9 cm³/mol. The number of methoxy groups -OCH3 is 1. The number of benzene rings is 2. The molecule has 0 aliphatic heterocycles. The zero-order chi connectivity index (χ0) is 15.4. The lowest BCUT2D eigenvalue weighted by molar-refractivity contribution is 0.0697. The van der Waals surface area contributed by atoms with Crippen molar-refractivity contribution in [3.8, 4) is 5.75 Å². The summed E-state index contributed by atoms with van der Waals surface area (Å²) in [6.45, 7) is 0.591. The average Bonchev–Trinajstić information content (AvgIpc) is 2.47. The number of anilines is 2. The minimum atomic E-state index is -0.987. The van der Waals surface area contributed by atoms with E-state index in [1.807, 2.05) is 36.2 Å². The van der Waals surface area contributed by atoms with Gasteiger partial charge in [0.25, 0.3) is 0 Å². The zero-order valence-electron chi connectivity index (χ0n) is 12.0. The van der Waals surface area contributed by atoms with E-state index in [2.05, 4.69) is 0 Å². The second-order valence-electron chi connectivity index (χ2n) is 4.79. The number of carboxylic acids is 1. The maximum atomic E-state index is 11.3. The minimum absolute atomic E-state index is 0.200. The average molecular weight is 286 g/mol. The molecule has 0 saturated carbocycles. The van der Waals surface area contributed by atoms with Crippen molar-refractivity contribution in [2.45, 2.75) is 6.54 Å². The molecule has 0 fully saturated rings. The number of carbonyl (C=O) groups is 1. The minimum Gasteiger partial charge on any atom is -0.497 e. The van der Waals surface area contributed by atoms with Gasteiger partial charge in [0.2, 0.25) is 0 Å². The van der Waals surface area contributed by atoms with Crippen LogP contribution < -0.4 is 15.4 Å². The van der Waals surface area contributed by atoms with Crippen LogP contribution >= 0.6 is 0 Å². The summed E-state index contributed by atoms with van der Waals surface area (Å²) in [6, 6.07) is 12.6. The Bertz CT molecular complexity index is 638. The summed E-state index contributed by atoms with van der Waals surface area (Å²) in [7, 11) is 3.47. The van der Waals surface area contributed by atoms with Crippen molar-refractivity contribution in [2.75, 3.05) is 24.8 Å². The van der Waals surface area contributed by atoms with Gasteiger partial charge in [-0.3, -0.25) is 0 Å². The number of nitrogen functional groups attached to an aromatic ring is 1. The fourth-order valence-corrected chi connectivity index (χ4v) is 2.15. The lowest BCUT2D eigenvalue weighted by Gasteiger charge is -2.21. The van der Waals surface area contributed by atoms with Gasteiger partial charge in [-0.1, -0.05) is 12.1 Å². The molecule has 0 atom stereocenters. The van der Waals surface area contributed by atoms with Crippen molar-refractivity contribution in [3.63, 3.8) is 0 Å². The Kier molecular flexibility index (Phi) is 4.33. The molecule has 2 rings (SSSR count). The Labute approximate surface area is 123 Å². The molecule has 0 aliphatic carbocycles. The van der Waals surface area contributed by atoms with Crippen LogP contribution in [-0.2, 0) is 6.54 Å². The molecule has 0 radical (unpaired) electrons. The number of hydrogen-bond acceptors (Lipinski definition) is 4. The highest BCUT2D eigenvalue weighted by molar-refractivity contribution is 5.95. The monoisotopic (exact) mass is 286 g/mol. The zero-order valence-corrected chi connectivity index (χ0v) is 12.0. The third-order valence-corrected chi connectivity index (χ3v) is 3.24. The molecule has 110 valence electrons. The van der Waals surface area contributed by atoms with E-state index in [-0.39, 0.29) is 5.56 Å². The molecule has 2 aromatic carbocycles. The third kappa shape index (κ3) is 3.45. The van der Waals surface area contributed by atoms with Crippen molar-refractivity contribution < 1.29 is 14.6 Å². The fourth-order valence-electron chi connectivity index (χ4n) is 2.15. The molecule has 3 N–H and O–H groups in total. The lowest BCUT2D eigenvalue weighted by atomic mass is 10.1. The van der Waals surface area contributed by atoms with E-state index in [4.69, 9.17) is 10.5 Å². The van der Waals surface area contributed by atoms with E-state index in [9.17, 15) is 9.90 Å². The Hall–Kier alpha value is -2.69. The second-order valence-corrected chi connectivity index (χ2v) is 4.79. The standard InChI is InChI=1S/C16H18N2O3/c1-18(10-11-3-6-13(21-2)7-4-11)15-8-5-12(17)9-14(15)16(19)20/h3-9H,10,17H2,1-2H3,(H,19,20). The Morgan fingerprint density at radius 1 is 1.24 bits per heavy atom. The van der Waals surface area contributed by atoms with Crippen molar-refractivity contribution >= 4 is 17.3 Å². The molecule has 0 aliphatic rings. The first-order chi connectivity index (χ1) is 10.0. The van der Waals surface area contributed by atoms with Crippen molar-refractivity contribution in [1.29, 1.82) is 0 Å². The van der Waals surface area contributed by atoms with E-state index in [1.54, 1.807) is 19.2 Å². The summed E-state index contributed by atoms with van der Waals surface area (Å²) < 4.78 is 5.12. The van der Waals surface area contributed by atoms with Gasteiger partial charge in [-0.25, -0.2) is 4.79 Å². The van der Waals surface area contributed by atoms with Gasteiger partial charge >= 0.3 is 5.97 Å². The first kappa shape index (κ1) is 14.7. The van der Waals surface area contributed by atoms with Gasteiger partial charge in [0, 0.05) is 19.3 Å². The van der Waals surface area contributed by atoms with Gasteiger partial charge < -0.3 is 20.5 Å². The molecular formula is C16H18N2O3. The number of nitrogens with two attached hydrogens (primary N) is 1. The number of nitrogens with zero attached hydrogens (tertiary/aromatic N) is 1. The quantitative estimate of drug-likeness (QED) is 0.826. The molecular weight excluding hydrogens is 268 g/mol. The van der Waals surface area contributed by atoms with E-state index in [1.165, 1.54) is 6.07 Å². The van der Waals surface area contributed by atoms with E-state index >= 15 is 0 Å². The smallest absolute Gasteiger partial charge is 0.337 e. The van der Waals surface area contributed by atoms with Crippen LogP contribution in [0.25, 0.3) is 0 Å². The molecule has 0 heterocycles. The topological polar surface area (TPSA) is 75.8 Å². The van der Waals surface area contributed by atoms with E-state index < -0.39 is 5.97 Å². The summed E-state index contributed by atoms with van der Waals surface area (Å²) in [6.07, 6.45) is 0. The van der Waals surface area contributed by atoms with Crippen LogP contribution in [0.3, 0.4) is 0 Å². The molecule has 2 aromatic rings. The molecule has 5 nitrogen and oxygen atoms in total. The number of rotatable bonds is 5. The fraction of sp³-hybridized carbons (Fsp3) is 0.188. The number of hydrogen-bond donors (Lipinski definition) is 2. The van der Waals surface area contributed by atoms with Gasteiger partial charge in [-0.15, -0.1) is 0 Å². The lowest BCUT2D eigenvalue weighted by Crippen LogP contribution is -2.19. The van der Waals surface area contributed by atoms with Crippen molar-refractivity contribution in [2.24, 2.45) is 0 Å². The van der Waals surface area contributed by atoms with Gasteiger partial charge in [0.1, 0.15) is 5.75 Å². The first-order valence-corrected chi connectivity index (χ1v) is 6.48. The Balaban J connectivity index is 2.23. The number of aromatic carboxylic acids is 1. The molecule has 0 saturated heterocycles. The van der Waals surface area contributed by atoms with Crippen LogP contribution in [0.1, 0.15) is 15.9 Å². The van der Waals surface area contributed by atoms with E-state index in [0.29, 0.717) is 17.9 Å². The molecule has 21 heavy (non-hydrogen) atoms. The summed E-state index contributed by atoms with van der Waals surface area (Å²) in [5.74, 6) is -0.195. The Morgan fingerprint density at radius 2 is 1.90 bits per heavy atom. The van der Waals surface area contributed by atoms with Crippen LogP contribution in [0.4, 0.5) is 11.4 Å². The summed E-state index contributed by atoms with van der Waals surface area (Å²) in [5.41, 5.74) is 7.99. The highest BCUT2D eigenvalue weighted by atomic mass is 16.5. The normalized spacial score (nSPS) is 10.2. The van der Waals surface area contributed by atoms with E-state index in [0.717, 1.165) is 11.3 Å². The van der Waals surface area contributed by atoms with Crippen molar-refractivity contribution in [3.05, 3.63) is 53.6 Å². The van der Waals surface area contributed by atoms with Crippen LogP contribution in [-0.4, -0.2) is 25.2 Å². The molecule has 0 amide bonds. The maximum absolute atomic E-state index is 11.3. The number of ether oxygens (including phenoxy) is 1. The van der Waals surface area contributed by atoms with Crippen LogP contribution in [0.2, 0.25) is 0 Å². The van der Waals surface area contributed by atoms with Crippen LogP contribution in [0.15, 0.2) is 42.5 Å². The predicted octanol–water partition coefficient (Wildman–Crippen LogP) is 2.61. The summed E-state index contributed by atoms with van der Waals surface area (Å²) >= 11 is 0. The number of carboxylic acid groups (broad SMARTS) is 1. The largest absolute Gasteiger partial charge is 0.497 e. The van der Waals surface area contributed by atoms with Gasteiger partial charge in [0.05, 0.1) is 18.4 Å². The molecule has 0 bridgehead atoms. The summed E-state index contributed by atoms with van der Waals surface area (Å²) in [5, 5.41) is 9.27. The van der Waals surface area contributed by atoms with Crippen molar-refractivity contribution in [1.82, 2.24) is 0 Å². The molecule has 0 aromatic heterocycles. The highest BCUT2D eigenvalue weighted by Gasteiger charge is 2.14. The third-order valence-electron chi connectivity index (χ3n) is 3.24. The van der Waals surface area contributed by atoms with Gasteiger partial charge in [-0.2, -0.15) is 0 Å². The highest BCUT2D eigenvalue weighted by Crippen LogP contribution is 2.24. The van der Waals surface area contributed by atoms with Gasteiger partial charge in [-0.05, 0) is 35.9 Å². The molecule has 0 spiro atoms. The van der Waals surface area contributed by atoms with Gasteiger partial charge in [0.15, 0.2) is 0 Å². The Morgan fingerprint density at radius 3 is 2.48 bits per heavy atom. The summed E-state index contributed by atoms with van der Waals surface area (Å²) in [4.78, 5) is 13.2. The van der Waals surface area contributed by atoms with Crippen LogP contribution in [0, 0.1) is 0 Å². The SMILES string of the molecule is COc1ccc(CN(C)c2ccc(N)cc2C(=O)O)cc1. The molecule has 5 heteroatoms. The first-order valence-electron chi connectivity index (χ1n) is 6.48. The molecule has 0 unspecified atom stereocenters. The maximum Gasteiger partial charge on any atom is 0.337 e.